The van der Waals surface area contributed by atoms with E-state index in [1.165, 1.54) is 19.3 Å². The van der Waals surface area contributed by atoms with Crippen molar-refractivity contribution in [3.05, 3.63) is 0 Å². The maximum absolute atomic E-state index is 10.1. The van der Waals surface area contributed by atoms with Crippen molar-refractivity contribution in [1.82, 2.24) is 8.84 Å². The van der Waals surface area contributed by atoms with E-state index in [1.54, 1.807) is 8.84 Å². The number of aliphatic hydroxyl groups is 1. The minimum Gasteiger partial charge on any atom is -0.390 e. The Morgan fingerprint density at radius 3 is 1.86 bits per heavy atom. The lowest BCUT2D eigenvalue weighted by Gasteiger charge is -2.25. The first-order chi connectivity index (χ1) is 9.92. The molecule has 0 aromatic heterocycles. The van der Waals surface area contributed by atoms with Gasteiger partial charge in [-0.25, -0.2) is 8.84 Å². The molecule has 0 saturated heterocycles. The number of rotatable bonds is 13. The van der Waals surface area contributed by atoms with Gasteiger partial charge in [-0.1, -0.05) is 47.0 Å². The van der Waals surface area contributed by atoms with Crippen LogP contribution in [0.15, 0.2) is 0 Å². The zero-order chi connectivity index (χ0) is 16.3. The van der Waals surface area contributed by atoms with E-state index in [0.717, 1.165) is 25.9 Å². The van der Waals surface area contributed by atoms with Crippen molar-refractivity contribution in [2.24, 2.45) is 11.8 Å². The Labute approximate surface area is 141 Å². The molecular weight excluding hydrogens is 307 g/mol. The molecule has 0 aromatic carbocycles. The van der Waals surface area contributed by atoms with Crippen LogP contribution >= 0.6 is 23.6 Å². The van der Waals surface area contributed by atoms with Crippen LogP contribution in [0.5, 0.6) is 0 Å². The summed E-state index contributed by atoms with van der Waals surface area (Å²) in [6.45, 7) is 11.3. The van der Waals surface area contributed by atoms with Gasteiger partial charge < -0.3 is 5.11 Å². The Bertz CT molecular complexity index is 244. The molecule has 5 heteroatoms. The smallest absolute Gasteiger partial charge is 0.0820 e. The molecule has 0 aliphatic carbocycles. The fourth-order valence-electron chi connectivity index (χ4n) is 2.70. The molecule has 21 heavy (non-hydrogen) atoms. The van der Waals surface area contributed by atoms with Crippen molar-refractivity contribution in [3.8, 4) is 0 Å². The number of hydrogen-bond acceptors (Lipinski definition) is 3. The van der Waals surface area contributed by atoms with Crippen molar-refractivity contribution in [1.29, 1.82) is 0 Å². The zero-order valence-electron chi connectivity index (χ0n) is 14.2. The number of hydrogen-bond donors (Lipinski definition) is 1. The van der Waals surface area contributed by atoms with Crippen molar-refractivity contribution in [3.63, 3.8) is 0 Å². The van der Waals surface area contributed by atoms with Gasteiger partial charge >= 0.3 is 0 Å². The molecule has 3 atom stereocenters. The van der Waals surface area contributed by atoms with Gasteiger partial charge in [0.15, 0.2) is 0 Å². The van der Waals surface area contributed by atoms with Crippen molar-refractivity contribution in [2.75, 3.05) is 26.2 Å². The van der Waals surface area contributed by atoms with E-state index in [-0.39, 0.29) is 0 Å². The van der Waals surface area contributed by atoms with Gasteiger partial charge in [-0.2, -0.15) is 0 Å². The highest BCUT2D eigenvalue weighted by molar-refractivity contribution is 6.13. The Balaban J connectivity index is 3.97. The third-order valence-electron chi connectivity index (χ3n) is 3.84. The average molecular weight is 341 g/mol. The quantitative estimate of drug-likeness (QED) is 0.499. The summed E-state index contributed by atoms with van der Waals surface area (Å²) in [7, 11) is 0. The molecule has 0 spiro atoms. The van der Waals surface area contributed by atoms with Gasteiger partial charge in [0, 0.05) is 26.2 Å². The van der Waals surface area contributed by atoms with E-state index >= 15 is 0 Å². The summed E-state index contributed by atoms with van der Waals surface area (Å²) in [5, 5.41) is 10.1. The molecule has 3 unspecified atom stereocenters. The molecule has 0 saturated carbocycles. The lowest BCUT2D eigenvalue weighted by atomic mass is 10.0. The molecule has 0 aromatic rings. The highest BCUT2D eigenvalue weighted by atomic mass is 35.5. The van der Waals surface area contributed by atoms with E-state index in [1.807, 2.05) is 0 Å². The second-order valence-electron chi connectivity index (χ2n) is 6.27. The van der Waals surface area contributed by atoms with Crippen LogP contribution in [0, 0.1) is 11.8 Å². The van der Waals surface area contributed by atoms with Crippen LogP contribution in [0.1, 0.15) is 59.8 Å². The van der Waals surface area contributed by atoms with Crippen molar-refractivity contribution in [2.45, 2.75) is 65.9 Å². The maximum Gasteiger partial charge on any atom is 0.0820 e. The second-order valence-corrected chi connectivity index (χ2v) is 7.22. The first-order valence-electron chi connectivity index (χ1n) is 8.42. The van der Waals surface area contributed by atoms with Gasteiger partial charge in [0.25, 0.3) is 0 Å². The molecule has 0 fully saturated rings. The van der Waals surface area contributed by atoms with Gasteiger partial charge in [0.2, 0.25) is 0 Å². The first kappa shape index (κ1) is 21.5. The van der Waals surface area contributed by atoms with Crippen LogP contribution < -0.4 is 0 Å². The fraction of sp³-hybridized carbons (Fsp3) is 1.00. The van der Waals surface area contributed by atoms with Gasteiger partial charge in [-0.05, 0) is 48.2 Å². The highest BCUT2D eigenvalue weighted by Crippen LogP contribution is 2.15. The van der Waals surface area contributed by atoms with Crippen molar-refractivity contribution >= 4 is 23.6 Å². The Hall–Kier alpha value is 0.460. The monoisotopic (exact) mass is 340 g/mol. The zero-order valence-corrected chi connectivity index (χ0v) is 15.7. The van der Waals surface area contributed by atoms with Gasteiger partial charge in [-0.15, -0.1) is 0 Å². The third kappa shape index (κ3) is 11.7. The molecule has 0 heterocycles. The number of halogens is 2. The fourth-order valence-corrected chi connectivity index (χ4v) is 3.45. The van der Waals surface area contributed by atoms with Gasteiger partial charge in [0.05, 0.1) is 6.10 Å². The van der Waals surface area contributed by atoms with Crippen LogP contribution in [0.3, 0.4) is 0 Å². The molecule has 0 rings (SSSR count). The SMILES string of the molecule is CCCC(C)CN(Cl)CC(O)CN(Cl)CC(CC)CCC. The molecule has 0 radical (unpaired) electrons. The predicted molar refractivity (Wildman–Crippen MR) is 93.6 cm³/mol. The summed E-state index contributed by atoms with van der Waals surface area (Å²) in [5.41, 5.74) is 0. The molecule has 0 aliphatic heterocycles. The minimum absolute atomic E-state index is 0.462. The average Bonchev–Trinajstić information content (AvgIpc) is 2.37. The van der Waals surface area contributed by atoms with E-state index in [4.69, 9.17) is 23.6 Å². The second kappa shape index (κ2) is 13.0. The Morgan fingerprint density at radius 1 is 0.857 bits per heavy atom. The molecular formula is C16H34Cl2N2O. The van der Waals surface area contributed by atoms with Crippen LogP contribution in [0.2, 0.25) is 0 Å². The first-order valence-corrected chi connectivity index (χ1v) is 9.09. The van der Waals surface area contributed by atoms with Gasteiger partial charge in [0.1, 0.15) is 0 Å². The van der Waals surface area contributed by atoms with E-state index in [0.29, 0.717) is 24.9 Å². The summed E-state index contributed by atoms with van der Waals surface area (Å²) in [4.78, 5) is 0. The summed E-state index contributed by atoms with van der Waals surface area (Å²) in [6.07, 6.45) is 5.31. The van der Waals surface area contributed by atoms with Crippen LogP contribution in [0.4, 0.5) is 0 Å². The molecule has 0 bridgehead atoms. The standard InChI is InChI=1S/C16H34Cl2N2O/c1-5-8-14(4)10-19(17)12-16(21)13-20(18)11-15(7-3)9-6-2/h14-16,21H,5-13H2,1-4H3. The normalized spacial score (nSPS) is 16.4. The van der Waals surface area contributed by atoms with Crippen LogP contribution in [0.25, 0.3) is 0 Å². The maximum atomic E-state index is 10.1. The molecule has 1 N–H and O–H groups in total. The lowest BCUT2D eigenvalue weighted by Crippen LogP contribution is -2.36. The summed E-state index contributed by atoms with van der Waals surface area (Å²) in [5.74, 6) is 1.16. The minimum atomic E-state index is -0.507. The lowest BCUT2D eigenvalue weighted by molar-refractivity contribution is 0.115. The molecule has 128 valence electrons. The molecule has 3 nitrogen and oxygen atoms in total. The van der Waals surface area contributed by atoms with E-state index in [9.17, 15) is 5.11 Å². The van der Waals surface area contributed by atoms with E-state index in [2.05, 4.69) is 27.7 Å². The van der Waals surface area contributed by atoms with Crippen molar-refractivity contribution < 1.29 is 5.11 Å². The third-order valence-corrected chi connectivity index (χ3v) is 4.39. The predicted octanol–water partition coefficient (Wildman–Crippen LogP) is 4.52. The summed E-state index contributed by atoms with van der Waals surface area (Å²) >= 11 is 12.4. The molecule has 0 aliphatic rings. The number of aliphatic hydroxyl groups excluding tert-OH is 1. The van der Waals surface area contributed by atoms with Crippen LogP contribution in [-0.4, -0.2) is 46.2 Å². The number of nitrogens with zero attached hydrogens (tertiary/aromatic N) is 2. The Kier molecular flexibility index (Phi) is 13.2. The summed E-state index contributed by atoms with van der Waals surface area (Å²) < 4.78 is 3.41. The Morgan fingerprint density at radius 2 is 1.38 bits per heavy atom. The van der Waals surface area contributed by atoms with Crippen LogP contribution in [-0.2, 0) is 0 Å². The highest BCUT2D eigenvalue weighted by Gasteiger charge is 2.17. The molecule has 0 amide bonds. The summed E-state index contributed by atoms with van der Waals surface area (Å²) in [6, 6.07) is 0. The van der Waals surface area contributed by atoms with Gasteiger partial charge in [-0.3, -0.25) is 0 Å². The largest absolute Gasteiger partial charge is 0.390 e. The van der Waals surface area contributed by atoms with E-state index < -0.39 is 6.10 Å². The topological polar surface area (TPSA) is 26.7 Å².